The number of carbonyl (C=O) groups is 1. The molecule has 0 spiro atoms. The SMILES string of the molecule is CCOC(=O)c1cn2cc(-n3cccn3)ccc2n1. The summed E-state index contributed by atoms with van der Waals surface area (Å²) in [5, 5.41) is 4.16. The first kappa shape index (κ1) is 11.5. The van der Waals surface area contributed by atoms with Crippen LogP contribution in [0.5, 0.6) is 0 Å². The molecule has 0 aliphatic rings. The quantitative estimate of drug-likeness (QED) is 0.669. The Morgan fingerprint density at radius 1 is 1.37 bits per heavy atom. The van der Waals surface area contributed by atoms with Gasteiger partial charge in [-0.15, -0.1) is 0 Å². The number of ether oxygens (including phenoxy) is 1. The van der Waals surface area contributed by atoms with Crippen LogP contribution in [0.25, 0.3) is 11.3 Å². The Morgan fingerprint density at radius 3 is 3.00 bits per heavy atom. The van der Waals surface area contributed by atoms with Crippen molar-refractivity contribution in [3.8, 4) is 5.69 Å². The predicted octanol–water partition coefficient (Wildman–Crippen LogP) is 1.70. The van der Waals surface area contributed by atoms with Gasteiger partial charge < -0.3 is 9.14 Å². The molecule has 3 heterocycles. The van der Waals surface area contributed by atoms with Crippen molar-refractivity contribution in [1.29, 1.82) is 0 Å². The van der Waals surface area contributed by atoms with Gasteiger partial charge in [-0.25, -0.2) is 14.5 Å². The lowest BCUT2D eigenvalue weighted by Crippen LogP contribution is -2.04. The first-order valence-corrected chi connectivity index (χ1v) is 5.94. The van der Waals surface area contributed by atoms with Gasteiger partial charge >= 0.3 is 5.97 Å². The Bertz CT molecular complexity index is 715. The Hall–Kier alpha value is -2.63. The van der Waals surface area contributed by atoms with Crippen LogP contribution in [0.3, 0.4) is 0 Å². The maximum absolute atomic E-state index is 11.6. The molecular formula is C13H12N4O2. The molecule has 0 bridgehead atoms. The topological polar surface area (TPSA) is 61.4 Å². The highest BCUT2D eigenvalue weighted by Crippen LogP contribution is 2.11. The van der Waals surface area contributed by atoms with Crippen molar-refractivity contribution in [2.45, 2.75) is 6.92 Å². The average molecular weight is 256 g/mol. The Labute approximate surface area is 109 Å². The van der Waals surface area contributed by atoms with Crippen LogP contribution in [0, 0.1) is 0 Å². The monoisotopic (exact) mass is 256 g/mol. The van der Waals surface area contributed by atoms with Crippen LogP contribution in [0.4, 0.5) is 0 Å². The van der Waals surface area contributed by atoms with Crippen LogP contribution in [0.2, 0.25) is 0 Å². The molecule has 0 aliphatic heterocycles. The number of rotatable bonds is 3. The first-order chi connectivity index (χ1) is 9.28. The normalized spacial score (nSPS) is 10.8. The van der Waals surface area contributed by atoms with Crippen molar-refractivity contribution in [3.05, 3.63) is 48.7 Å². The van der Waals surface area contributed by atoms with E-state index >= 15 is 0 Å². The summed E-state index contributed by atoms with van der Waals surface area (Å²) in [5.41, 5.74) is 1.89. The number of aromatic nitrogens is 4. The van der Waals surface area contributed by atoms with Crippen molar-refractivity contribution in [2.24, 2.45) is 0 Å². The summed E-state index contributed by atoms with van der Waals surface area (Å²) < 4.78 is 8.45. The van der Waals surface area contributed by atoms with Crippen LogP contribution >= 0.6 is 0 Å². The standard InChI is InChI=1S/C13H12N4O2/c1-2-19-13(18)11-9-16-8-10(4-5-12(16)15-11)17-7-3-6-14-17/h3-9H,2H2,1H3. The lowest BCUT2D eigenvalue weighted by Gasteiger charge is -2.01. The van der Waals surface area contributed by atoms with Gasteiger partial charge in [0.2, 0.25) is 0 Å². The smallest absolute Gasteiger partial charge is 0.358 e. The fourth-order valence-corrected chi connectivity index (χ4v) is 1.84. The van der Waals surface area contributed by atoms with Crippen LogP contribution in [0.15, 0.2) is 43.0 Å². The molecule has 0 saturated carbocycles. The lowest BCUT2D eigenvalue weighted by molar-refractivity contribution is 0.0520. The summed E-state index contributed by atoms with van der Waals surface area (Å²) in [7, 11) is 0. The van der Waals surface area contributed by atoms with Crippen molar-refractivity contribution in [3.63, 3.8) is 0 Å². The van der Waals surface area contributed by atoms with E-state index in [1.807, 2.05) is 30.6 Å². The molecule has 6 nitrogen and oxygen atoms in total. The van der Waals surface area contributed by atoms with E-state index in [0.717, 1.165) is 5.69 Å². The largest absolute Gasteiger partial charge is 0.461 e. The fourth-order valence-electron chi connectivity index (χ4n) is 1.84. The zero-order valence-corrected chi connectivity index (χ0v) is 10.4. The van der Waals surface area contributed by atoms with Crippen LogP contribution in [0.1, 0.15) is 17.4 Å². The summed E-state index contributed by atoms with van der Waals surface area (Å²) in [6, 6.07) is 5.58. The summed E-state index contributed by atoms with van der Waals surface area (Å²) in [5.74, 6) is -0.410. The number of fused-ring (bicyclic) bond motifs is 1. The van der Waals surface area contributed by atoms with Gasteiger partial charge in [0.15, 0.2) is 5.69 Å². The highest BCUT2D eigenvalue weighted by molar-refractivity contribution is 5.87. The molecular weight excluding hydrogens is 244 g/mol. The molecule has 6 heteroatoms. The van der Waals surface area contributed by atoms with E-state index in [2.05, 4.69) is 10.1 Å². The molecule has 0 fully saturated rings. The summed E-state index contributed by atoms with van der Waals surface area (Å²) in [6.07, 6.45) is 7.07. The number of pyridine rings is 1. The van der Waals surface area contributed by atoms with Crippen LogP contribution in [-0.4, -0.2) is 31.7 Å². The van der Waals surface area contributed by atoms with Gasteiger partial charge in [0, 0.05) is 24.8 Å². The molecule has 19 heavy (non-hydrogen) atoms. The van der Waals surface area contributed by atoms with Crippen molar-refractivity contribution in [1.82, 2.24) is 19.2 Å². The van der Waals surface area contributed by atoms with Gasteiger partial charge in [-0.3, -0.25) is 0 Å². The lowest BCUT2D eigenvalue weighted by atomic mass is 10.4. The first-order valence-electron chi connectivity index (χ1n) is 5.94. The van der Waals surface area contributed by atoms with Gasteiger partial charge in [0.25, 0.3) is 0 Å². The molecule has 0 radical (unpaired) electrons. The summed E-state index contributed by atoms with van der Waals surface area (Å²) >= 11 is 0. The molecule has 0 aromatic carbocycles. The third-order valence-electron chi connectivity index (χ3n) is 2.69. The van der Waals surface area contributed by atoms with E-state index in [1.165, 1.54) is 0 Å². The number of imidazole rings is 1. The third-order valence-corrected chi connectivity index (χ3v) is 2.69. The Morgan fingerprint density at radius 2 is 2.26 bits per heavy atom. The maximum atomic E-state index is 11.6. The van der Waals surface area contributed by atoms with Gasteiger partial charge in [-0.05, 0) is 25.1 Å². The average Bonchev–Trinajstić information content (AvgIpc) is 3.07. The Kier molecular flexibility index (Phi) is 2.75. The molecule has 96 valence electrons. The molecule has 3 aromatic rings. The van der Waals surface area contributed by atoms with E-state index in [9.17, 15) is 4.79 Å². The van der Waals surface area contributed by atoms with Crippen molar-refractivity contribution >= 4 is 11.6 Å². The second kappa shape index (κ2) is 4.56. The zero-order valence-electron chi connectivity index (χ0n) is 10.4. The van der Waals surface area contributed by atoms with Gasteiger partial charge in [0.1, 0.15) is 5.65 Å². The second-order valence-corrected chi connectivity index (χ2v) is 3.95. The van der Waals surface area contributed by atoms with E-state index in [-0.39, 0.29) is 0 Å². The molecule has 0 atom stereocenters. The minimum atomic E-state index is -0.410. The number of hydrogen-bond donors (Lipinski definition) is 0. The molecule has 0 aliphatic carbocycles. The van der Waals surface area contributed by atoms with Crippen molar-refractivity contribution in [2.75, 3.05) is 6.61 Å². The Balaban J connectivity index is 2.02. The van der Waals surface area contributed by atoms with Crippen molar-refractivity contribution < 1.29 is 9.53 Å². The predicted molar refractivity (Wildman–Crippen MR) is 68.3 cm³/mol. The molecule has 0 unspecified atom stereocenters. The van der Waals surface area contributed by atoms with Crippen LogP contribution in [-0.2, 0) is 4.74 Å². The molecule has 0 N–H and O–H groups in total. The van der Waals surface area contributed by atoms with Gasteiger partial charge in [-0.1, -0.05) is 0 Å². The minimum Gasteiger partial charge on any atom is -0.461 e. The van der Waals surface area contributed by atoms with Gasteiger partial charge in [0.05, 0.1) is 12.3 Å². The van der Waals surface area contributed by atoms with Gasteiger partial charge in [-0.2, -0.15) is 5.10 Å². The highest BCUT2D eigenvalue weighted by atomic mass is 16.5. The van der Waals surface area contributed by atoms with E-state index < -0.39 is 5.97 Å². The molecule has 0 amide bonds. The minimum absolute atomic E-state index is 0.305. The maximum Gasteiger partial charge on any atom is 0.358 e. The van der Waals surface area contributed by atoms with E-state index in [4.69, 9.17) is 4.74 Å². The number of esters is 1. The summed E-state index contributed by atoms with van der Waals surface area (Å²) in [4.78, 5) is 15.8. The van der Waals surface area contributed by atoms with E-state index in [1.54, 1.807) is 28.4 Å². The number of carbonyl (C=O) groups excluding carboxylic acids is 1. The van der Waals surface area contributed by atoms with E-state index in [0.29, 0.717) is 17.9 Å². The molecule has 3 aromatic heterocycles. The second-order valence-electron chi connectivity index (χ2n) is 3.95. The fraction of sp³-hybridized carbons (Fsp3) is 0.154. The number of hydrogen-bond acceptors (Lipinski definition) is 4. The highest BCUT2D eigenvalue weighted by Gasteiger charge is 2.11. The summed E-state index contributed by atoms with van der Waals surface area (Å²) in [6.45, 7) is 2.11. The molecule has 3 rings (SSSR count). The van der Waals surface area contributed by atoms with Crippen LogP contribution < -0.4 is 0 Å². The zero-order chi connectivity index (χ0) is 13.2. The molecule has 0 saturated heterocycles. The number of nitrogens with zero attached hydrogens (tertiary/aromatic N) is 4. The third kappa shape index (κ3) is 2.08.